The number of rotatable bonds is 5. The minimum atomic E-state index is -0.421. The zero-order valence-electron chi connectivity index (χ0n) is 14.3. The average molecular weight is 458 g/mol. The summed E-state index contributed by atoms with van der Waals surface area (Å²) < 4.78 is 18.4. The molecule has 0 aliphatic carbocycles. The van der Waals surface area contributed by atoms with Gasteiger partial charge in [0.2, 0.25) is 5.91 Å². The van der Waals surface area contributed by atoms with Gasteiger partial charge in [0.05, 0.1) is 10.2 Å². The Labute approximate surface area is 167 Å². The monoisotopic (exact) mass is 457 g/mol. The van der Waals surface area contributed by atoms with Crippen LogP contribution in [0.4, 0.5) is 10.1 Å². The maximum Gasteiger partial charge on any atom is 0.220 e. The number of nitrogens with zero attached hydrogens (tertiary/aromatic N) is 3. The summed E-state index contributed by atoms with van der Waals surface area (Å²) in [5.41, 5.74) is 2.59. The van der Waals surface area contributed by atoms with Crippen LogP contribution in [-0.4, -0.2) is 39.1 Å². The van der Waals surface area contributed by atoms with Crippen molar-refractivity contribution in [3.63, 3.8) is 0 Å². The number of nitrogens with one attached hydrogen (secondary N) is 2. The van der Waals surface area contributed by atoms with E-state index < -0.39 is 5.82 Å². The number of hydrogen-bond donors (Lipinski definition) is 3. The highest BCUT2D eigenvalue weighted by Gasteiger charge is 2.25. The summed E-state index contributed by atoms with van der Waals surface area (Å²) in [5.74, 6) is 0.540. The standard InChI is InChI=1S/C16H17BrFN5O3S/c1-8-4-10(19-13(24)5-8)7-27-16-14(22-26-23-16)15(21-25)20-9-2-3-12(18)11(17)6-9/h2-3,6,8,10,25H,4-5,7H2,1H3,(H,19,24)(H,20,21). The lowest BCUT2D eigenvalue weighted by atomic mass is 9.95. The van der Waals surface area contributed by atoms with Crippen molar-refractivity contribution in [2.24, 2.45) is 10.9 Å². The van der Waals surface area contributed by atoms with E-state index in [1.807, 2.05) is 12.4 Å². The summed E-state index contributed by atoms with van der Waals surface area (Å²) >= 11 is 4.43. The van der Waals surface area contributed by atoms with Crippen LogP contribution in [0.3, 0.4) is 0 Å². The number of carbonyl (C=O) groups excluding carboxylic acids is 1. The second-order valence-electron chi connectivity index (χ2n) is 6.21. The summed E-state index contributed by atoms with van der Waals surface area (Å²) in [6.45, 7) is 2.04. The molecule has 1 aliphatic heterocycles. The summed E-state index contributed by atoms with van der Waals surface area (Å²) in [4.78, 5) is 15.9. The average Bonchev–Trinajstić information content (AvgIpc) is 3.08. The molecule has 1 aliphatic rings. The Morgan fingerprint density at radius 2 is 2.37 bits per heavy atom. The van der Waals surface area contributed by atoms with E-state index in [4.69, 9.17) is 4.63 Å². The molecule has 0 saturated carbocycles. The number of hydroxylamine groups is 1. The van der Waals surface area contributed by atoms with Gasteiger partial charge in [0.1, 0.15) is 5.82 Å². The predicted molar refractivity (Wildman–Crippen MR) is 101 cm³/mol. The predicted octanol–water partition coefficient (Wildman–Crippen LogP) is 3.04. The minimum absolute atomic E-state index is 0.0123. The summed E-state index contributed by atoms with van der Waals surface area (Å²) in [6.07, 6.45) is 1.42. The van der Waals surface area contributed by atoms with Crippen molar-refractivity contribution < 1.29 is 19.0 Å². The SMILES string of the molecule is CC1CC(=O)NC(CSc2nonc2C(=Nc2ccc(F)c(Br)c2)NO)C1. The number of aromatic nitrogens is 2. The lowest BCUT2D eigenvalue weighted by Crippen LogP contribution is -2.43. The van der Waals surface area contributed by atoms with Crippen LogP contribution in [0.1, 0.15) is 25.5 Å². The second-order valence-corrected chi connectivity index (χ2v) is 8.07. The minimum Gasteiger partial charge on any atom is -0.353 e. The molecule has 3 N–H and O–H groups in total. The van der Waals surface area contributed by atoms with E-state index in [2.05, 4.69) is 36.6 Å². The largest absolute Gasteiger partial charge is 0.353 e. The Morgan fingerprint density at radius 3 is 3.07 bits per heavy atom. The topological polar surface area (TPSA) is 113 Å². The molecular weight excluding hydrogens is 441 g/mol. The Kier molecular flexibility index (Phi) is 6.45. The van der Waals surface area contributed by atoms with E-state index in [1.165, 1.54) is 30.0 Å². The Morgan fingerprint density at radius 1 is 1.56 bits per heavy atom. The molecule has 1 aromatic heterocycles. The van der Waals surface area contributed by atoms with E-state index in [0.717, 1.165) is 6.42 Å². The molecule has 1 aromatic carbocycles. The molecule has 144 valence electrons. The van der Waals surface area contributed by atoms with Crippen LogP contribution in [0.25, 0.3) is 0 Å². The van der Waals surface area contributed by atoms with Crippen LogP contribution < -0.4 is 10.8 Å². The van der Waals surface area contributed by atoms with Gasteiger partial charge < -0.3 is 5.32 Å². The van der Waals surface area contributed by atoms with E-state index >= 15 is 0 Å². The number of halogens is 2. The number of thioether (sulfide) groups is 1. The first-order valence-corrected chi connectivity index (χ1v) is 9.93. The first-order chi connectivity index (χ1) is 13.0. The molecule has 0 radical (unpaired) electrons. The molecule has 8 nitrogen and oxygen atoms in total. The highest BCUT2D eigenvalue weighted by atomic mass is 79.9. The van der Waals surface area contributed by atoms with Crippen LogP contribution >= 0.6 is 27.7 Å². The van der Waals surface area contributed by atoms with Gasteiger partial charge in [0.25, 0.3) is 0 Å². The van der Waals surface area contributed by atoms with Gasteiger partial charge in [-0.15, -0.1) is 0 Å². The number of amides is 1. The number of aliphatic imine (C=N–C) groups is 1. The third-order valence-electron chi connectivity index (χ3n) is 3.94. The van der Waals surface area contributed by atoms with Gasteiger partial charge in [-0.2, -0.15) is 0 Å². The fourth-order valence-corrected chi connectivity index (χ4v) is 4.06. The van der Waals surface area contributed by atoms with Gasteiger partial charge in [-0.05, 0) is 56.8 Å². The normalized spacial score (nSPS) is 20.4. The Balaban J connectivity index is 1.75. The van der Waals surface area contributed by atoms with Crippen molar-refractivity contribution in [1.29, 1.82) is 0 Å². The van der Waals surface area contributed by atoms with Crippen molar-refractivity contribution in [3.8, 4) is 0 Å². The lowest BCUT2D eigenvalue weighted by molar-refractivity contribution is -0.124. The molecule has 27 heavy (non-hydrogen) atoms. The second kappa shape index (κ2) is 8.81. The maximum absolute atomic E-state index is 13.4. The van der Waals surface area contributed by atoms with E-state index in [9.17, 15) is 14.4 Å². The van der Waals surface area contributed by atoms with E-state index in [1.54, 1.807) is 0 Å². The highest BCUT2D eigenvalue weighted by Crippen LogP contribution is 2.26. The first-order valence-electron chi connectivity index (χ1n) is 8.15. The van der Waals surface area contributed by atoms with Crippen LogP contribution in [-0.2, 0) is 4.79 Å². The van der Waals surface area contributed by atoms with Crippen LogP contribution in [0.2, 0.25) is 0 Å². The zero-order valence-corrected chi connectivity index (χ0v) is 16.7. The molecule has 2 aromatic rings. The Bertz CT molecular complexity index is 862. The van der Waals surface area contributed by atoms with Crippen LogP contribution in [0.5, 0.6) is 0 Å². The molecule has 3 rings (SSSR count). The summed E-state index contributed by atoms with van der Waals surface area (Å²) in [6, 6.07) is 4.19. The number of piperidine rings is 1. The van der Waals surface area contributed by atoms with Crippen molar-refractivity contribution in [2.45, 2.75) is 30.8 Å². The number of amidine groups is 1. The Hall–Kier alpha value is -1.98. The van der Waals surface area contributed by atoms with Gasteiger partial charge >= 0.3 is 0 Å². The lowest BCUT2D eigenvalue weighted by Gasteiger charge is -2.27. The smallest absolute Gasteiger partial charge is 0.220 e. The van der Waals surface area contributed by atoms with Gasteiger partial charge in [0, 0.05) is 18.2 Å². The summed E-state index contributed by atoms with van der Waals surface area (Å²) in [5, 5.41) is 20.4. The van der Waals surface area contributed by atoms with Crippen molar-refractivity contribution in [1.82, 2.24) is 21.1 Å². The van der Waals surface area contributed by atoms with Gasteiger partial charge in [-0.3, -0.25) is 15.5 Å². The highest BCUT2D eigenvalue weighted by molar-refractivity contribution is 9.10. The molecular formula is C16H17BrFN5O3S. The first kappa shape index (κ1) is 19.8. The fourth-order valence-electron chi connectivity index (χ4n) is 2.75. The van der Waals surface area contributed by atoms with Crippen LogP contribution in [0, 0.1) is 11.7 Å². The fraction of sp³-hybridized carbons (Fsp3) is 0.375. The molecule has 1 fully saturated rings. The third-order valence-corrected chi connectivity index (χ3v) is 5.66. The molecule has 1 saturated heterocycles. The van der Waals surface area contributed by atoms with Gasteiger partial charge in [-0.1, -0.05) is 18.7 Å². The van der Waals surface area contributed by atoms with E-state index in [-0.39, 0.29) is 28.0 Å². The molecule has 2 heterocycles. The van der Waals surface area contributed by atoms with Crippen molar-refractivity contribution in [3.05, 3.63) is 34.2 Å². The molecule has 2 atom stereocenters. The summed E-state index contributed by atoms with van der Waals surface area (Å²) in [7, 11) is 0. The molecule has 0 spiro atoms. The molecule has 11 heteroatoms. The molecule has 0 bridgehead atoms. The molecule has 2 unspecified atom stereocenters. The van der Waals surface area contributed by atoms with Crippen molar-refractivity contribution >= 4 is 45.1 Å². The maximum atomic E-state index is 13.4. The third kappa shape index (κ3) is 5.05. The number of hydrogen-bond acceptors (Lipinski definition) is 7. The van der Waals surface area contributed by atoms with Gasteiger partial charge in [0.15, 0.2) is 16.6 Å². The quantitative estimate of drug-likeness (QED) is 0.273. The van der Waals surface area contributed by atoms with Crippen molar-refractivity contribution in [2.75, 3.05) is 5.75 Å². The molecule has 1 amide bonds. The zero-order chi connectivity index (χ0) is 19.4. The van der Waals surface area contributed by atoms with E-state index in [0.29, 0.717) is 28.8 Å². The number of benzene rings is 1. The van der Waals surface area contributed by atoms with Crippen LogP contribution in [0.15, 0.2) is 37.3 Å². The van der Waals surface area contributed by atoms with Gasteiger partial charge in [-0.25, -0.2) is 14.0 Å². The number of carbonyl (C=O) groups is 1.